The maximum absolute atomic E-state index is 15.2. The van der Waals surface area contributed by atoms with Gasteiger partial charge < -0.3 is 5.32 Å². The van der Waals surface area contributed by atoms with Crippen LogP contribution in [0.1, 0.15) is 41.7 Å². The summed E-state index contributed by atoms with van der Waals surface area (Å²) < 4.78 is 59.0. The SMILES string of the molecule is CCN(C)S(=O)(=O)Nc1ccc(F)c(C(=O)c2ccc3ncn(C4CC5(CNC5)C4)c(=O)c3c2)c1F. The van der Waals surface area contributed by atoms with Crippen LogP contribution in [-0.4, -0.2) is 54.7 Å². The number of fused-ring (bicyclic) bond motifs is 1. The topological polar surface area (TPSA) is 113 Å². The normalized spacial score (nSPS) is 17.2. The standard InChI is InChI=1S/C24H25F2N5O4S/c1-3-30(2)36(34,35)29-19-7-5-17(25)20(21(19)26)22(32)14-4-6-18-16(8-14)23(33)31(13-28-18)15-9-24(10-15)11-27-12-24/h4-8,13,15,27,29H,3,9-12H2,1-2H3. The monoisotopic (exact) mass is 517 g/mol. The number of anilines is 1. The van der Waals surface area contributed by atoms with Gasteiger partial charge in [0.15, 0.2) is 11.6 Å². The van der Waals surface area contributed by atoms with E-state index in [0.717, 1.165) is 42.4 Å². The van der Waals surface area contributed by atoms with Crippen molar-refractivity contribution >= 4 is 32.6 Å². The predicted octanol–water partition coefficient (Wildman–Crippen LogP) is 2.44. The van der Waals surface area contributed by atoms with E-state index in [2.05, 4.69) is 10.3 Å². The molecule has 1 spiro atoms. The second-order valence-corrected chi connectivity index (χ2v) is 11.3. The van der Waals surface area contributed by atoms with Crippen LogP contribution in [0.3, 0.4) is 0 Å². The zero-order valence-electron chi connectivity index (χ0n) is 19.7. The molecule has 2 aliphatic rings. The number of nitrogens with zero attached hydrogens (tertiary/aromatic N) is 3. The number of halogens is 2. The average Bonchev–Trinajstić information content (AvgIpc) is 2.79. The molecule has 36 heavy (non-hydrogen) atoms. The van der Waals surface area contributed by atoms with Crippen LogP contribution in [0.2, 0.25) is 0 Å². The van der Waals surface area contributed by atoms with E-state index in [0.29, 0.717) is 5.52 Å². The minimum atomic E-state index is -4.10. The molecule has 0 radical (unpaired) electrons. The highest BCUT2D eigenvalue weighted by molar-refractivity contribution is 7.90. The van der Waals surface area contributed by atoms with Crippen molar-refractivity contribution in [2.45, 2.75) is 25.8 Å². The van der Waals surface area contributed by atoms with Crippen LogP contribution < -0.4 is 15.6 Å². The van der Waals surface area contributed by atoms with Crippen molar-refractivity contribution in [3.63, 3.8) is 0 Å². The van der Waals surface area contributed by atoms with Crippen molar-refractivity contribution in [1.29, 1.82) is 0 Å². The van der Waals surface area contributed by atoms with E-state index in [4.69, 9.17) is 0 Å². The van der Waals surface area contributed by atoms with Gasteiger partial charge in [-0.2, -0.15) is 12.7 Å². The van der Waals surface area contributed by atoms with Crippen molar-refractivity contribution in [2.75, 3.05) is 31.4 Å². The predicted molar refractivity (Wildman–Crippen MR) is 130 cm³/mol. The number of nitrogens with one attached hydrogen (secondary N) is 2. The highest BCUT2D eigenvalue weighted by Crippen LogP contribution is 2.50. The number of rotatable bonds is 7. The van der Waals surface area contributed by atoms with Gasteiger partial charge in [-0.25, -0.2) is 13.8 Å². The lowest BCUT2D eigenvalue weighted by molar-refractivity contribution is 0.00590. The Morgan fingerprint density at radius 1 is 1.25 bits per heavy atom. The molecule has 2 aromatic carbocycles. The van der Waals surface area contributed by atoms with E-state index in [1.807, 2.05) is 4.72 Å². The summed E-state index contributed by atoms with van der Waals surface area (Å²) in [7, 11) is -2.81. The van der Waals surface area contributed by atoms with Crippen LogP contribution >= 0.6 is 0 Å². The number of carbonyl (C=O) groups is 1. The van der Waals surface area contributed by atoms with Gasteiger partial charge in [0.25, 0.3) is 5.56 Å². The highest BCUT2D eigenvalue weighted by atomic mass is 32.2. The lowest BCUT2D eigenvalue weighted by atomic mass is 9.61. The minimum absolute atomic E-state index is 0.0108. The maximum atomic E-state index is 15.2. The Kier molecular flexibility index (Phi) is 5.92. The summed E-state index contributed by atoms with van der Waals surface area (Å²) in [5.74, 6) is -3.51. The van der Waals surface area contributed by atoms with Crippen molar-refractivity contribution in [3.8, 4) is 0 Å². The van der Waals surface area contributed by atoms with E-state index in [1.165, 1.54) is 31.6 Å². The quantitative estimate of drug-likeness (QED) is 0.466. The summed E-state index contributed by atoms with van der Waals surface area (Å²) in [6.45, 7) is 3.56. The van der Waals surface area contributed by atoms with Crippen molar-refractivity contribution in [2.24, 2.45) is 5.41 Å². The van der Waals surface area contributed by atoms with Gasteiger partial charge in [-0.3, -0.25) is 18.9 Å². The van der Waals surface area contributed by atoms with Gasteiger partial charge in [0.1, 0.15) is 5.82 Å². The van der Waals surface area contributed by atoms with E-state index < -0.39 is 38.9 Å². The fourth-order valence-electron chi connectivity index (χ4n) is 4.81. The molecule has 5 rings (SSSR count). The minimum Gasteiger partial charge on any atom is -0.316 e. The van der Waals surface area contributed by atoms with Crippen LogP contribution in [0.15, 0.2) is 41.5 Å². The summed E-state index contributed by atoms with van der Waals surface area (Å²) in [6, 6.07) is 5.80. The molecule has 2 heterocycles. The summed E-state index contributed by atoms with van der Waals surface area (Å²) in [6.07, 6.45) is 3.22. The van der Waals surface area contributed by atoms with Gasteiger partial charge in [0, 0.05) is 38.3 Å². The largest absolute Gasteiger partial charge is 0.316 e. The molecule has 1 aliphatic heterocycles. The van der Waals surface area contributed by atoms with E-state index >= 15 is 4.39 Å². The molecule has 9 nitrogen and oxygen atoms in total. The molecule has 0 bridgehead atoms. The molecular weight excluding hydrogens is 492 g/mol. The Labute approximate surface area is 206 Å². The van der Waals surface area contributed by atoms with Gasteiger partial charge in [-0.05, 0) is 48.6 Å². The maximum Gasteiger partial charge on any atom is 0.301 e. The number of benzene rings is 2. The Hall–Kier alpha value is -3.22. The van der Waals surface area contributed by atoms with Crippen LogP contribution in [0.25, 0.3) is 10.9 Å². The molecule has 1 saturated heterocycles. The molecule has 1 aliphatic carbocycles. The summed E-state index contributed by atoms with van der Waals surface area (Å²) in [5, 5.41) is 3.41. The lowest BCUT2D eigenvalue weighted by Crippen LogP contribution is -2.61. The zero-order valence-corrected chi connectivity index (χ0v) is 20.5. The Morgan fingerprint density at radius 3 is 2.61 bits per heavy atom. The molecular formula is C24H25F2N5O4S. The third kappa shape index (κ3) is 3.98. The van der Waals surface area contributed by atoms with Crippen molar-refractivity contribution in [3.05, 3.63) is 69.8 Å². The number of ketones is 1. The van der Waals surface area contributed by atoms with E-state index in [-0.39, 0.29) is 34.5 Å². The molecule has 3 aromatic rings. The third-order valence-corrected chi connectivity index (χ3v) is 8.75. The molecule has 1 aromatic heterocycles. The number of aromatic nitrogens is 2. The van der Waals surface area contributed by atoms with Gasteiger partial charge in [0.05, 0.1) is 28.5 Å². The number of carbonyl (C=O) groups excluding carboxylic acids is 1. The Morgan fingerprint density at radius 2 is 1.97 bits per heavy atom. The zero-order chi connectivity index (χ0) is 25.8. The summed E-state index contributed by atoms with van der Waals surface area (Å²) in [5.41, 5.74) is -1.32. The third-order valence-electron chi connectivity index (χ3n) is 7.19. The first kappa shape index (κ1) is 24.5. The Bertz CT molecular complexity index is 1540. The van der Waals surface area contributed by atoms with Gasteiger partial charge >= 0.3 is 10.2 Å². The molecule has 12 heteroatoms. The molecule has 0 atom stereocenters. The fraction of sp³-hybridized carbons (Fsp3) is 0.375. The highest BCUT2D eigenvalue weighted by Gasteiger charge is 2.49. The molecule has 2 fully saturated rings. The van der Waals surface area contributed by atoms with E-state index in [9.17, 15) is 22.4 Å². The van der Waals surface area contributed by atoms with Gasteiger partial charge in [0.2, 0.25) is 0 Å². The second kappa shape index (κ2) is 8.71. The fourth-order valence-corrected chi connectivity index (χ4v) is 5.74. The first-order chi connectivity index (χ1) is 17.0. The molecule has 190 valence electrons. The molecule has 0 unspecified atom stereocenters. The first-order valence-electron chi connectivity index (χ1n) is 11.5. The lowest BCUT2D eigenvalue weighted by Gasteiger charge is -2.54. The van der Waals surface area contributed by atoms with Crippen LogP contribution in [-0.2, 0) is 10.2 Å². The van der Waals surface area contributed by atoms with Gasteiger partial charge in [-0.1, -0.05) is 6.92 Å². The molecule has 1 saturated carbocycles. The van der Waals surface area contributed by atoms with Crippen LogP contribution in [0.4, 0.5) is 14.5 Å². The number of hydrogen-bond donors (Lipinski definition) is 2. The van der Waals surface area contributed by atoms with Gasteiger partial charge in [-0.15, -0.1) is 0 Å². The smallest absolute Gasteiger partial charge is 0.301 e. The molecule has 0 amide bonds. The summed E-state index contributed by atoms with van der Waals surface area (Å²) >= 11 is 0. The van der Waals surface area contributed by atoms with E-state index in [1.54, 1.807) is 11.5 Å². The van der Waals surface area contributed by atoms with Crippen LogP contribution in [0, 0.1) is 17.0 Å². The second-order valence-electron chi connectivity index (χ2n) is 9.49. The first-order valence-corrected chi connectivity index (χ1v) is 13.0. The average molecular weight is 518 g/mol. The van der Waals surface area contributed by atoms with Crippen molar-refractivity contribution < 1.29 is 22.0 Å². The number of hydrogen-bond acceptors (Lipinski definition) is 6. The van der Waals surface area contributed by atoms with Crippen molar-refractivity contribution in [1.82, 2.24) is 19.2 Å². The van der Waals surface area contributed by atoms with Crippen LogP contribution in [0.5, 0.6) is 0 Å². The molecule has 2 N–H and O–H groups in total. The Balaban J connectivity index is 1.49. The summed E-state index contributed by atoms with van der Waals surface area (Å²) in [4.78, 5) is 30.7.